The number of thioether (sulfide) groups is 1. The van der Waals surface area contributed by atoms with Crippen molar-refractivity contribution in [1.82, 2.24) is 15.6 Å². The van der Waals surface area contributed by atoms with Gasteiger partial charge in [-0.25, -0.2) is 5.43 Å². The molecule has 0 aliphatic heterocycles. The molecule has 0 atom stereocenters. The molecule has 0 bridgehead atoms. The topological polar surface area (TPSA) is 103 Å². The van der Waals surface area contributed by atoms with Gasteiger partial charge >= 0.3 is 5.16 Å². The van der Waals surface area contributed by atoms with E-state index in [9.17, 15) is 9.90 Å². The van der Waals surface area contributed by atoms with Crippen LogP contribution in [0.4, 0.5) is 0 Å². The van der Waals surface area contributed by atoms with E-state index < -0.39 is 0 Å². The number of ether oxygens (including phenoxy) is 1. The number of rotatable bonds is 8. The van der Waals surface area contributed by atoms with Crippen LogP contribution in [0.3, 0.4) is 0 Å². The number of phenolic OH excluding ortho intramolecular Hbond substituents is 1. The molecule has 166 valence electrons. The van der Waals surface area contributed by atoms with Gasteiger partial charge in [-0.3, -0.25) is 4.79 Å². The quantitative estimate of drug-likeness (QED) is 0.162. The number of aromatic hydroxyl groups is 1. The van der Waals surface area contributed by atoms with Gasteiger partial charge in [-0.05, 0) is 65.9 Å². The number of phenols is 1. The summed E-state index contributed by atoms with van der Waals surface area (Å²) in [6, 6.07) is 24.1. The molecule has 0 unspecified atom stereocenters. The minimum absolute atomic E-state index is 0.122. The molecule has 8 nitrogen and oxygen atoms in total. The lowest BCUT2D eigenvalue weighted by atomic mass is 10.2. The first-order chi connectivity index (χ1) is 16.1. The minimum atomic E-state index is -0.273. The number of carbonyl (C=O) groups excluding carboxylic acids is 1. The second kappa shape index (κ2) is 10.5. The Labute approximate surface area is 194 Å². The molecule has 4 aromatic rings. The number of hydrogen-bond donors (Lipinski definition) is 3. The van der Waals surface area contributed by atoms with Crippen LogP contribution in [-0.4, -0.2) is 40.3 Å². The fraction of sp³-hybridized carbons (Fsp3) is 0.0833. The summed E-state index contributed by atoms with van der Waals surface area (Å²) in [5.74, 6) is 1.54. The third kappa shape index (κ3) is 5.58. The molecule has 4 rings (SSSR count). The normalized spacial score (nSPS) is 10.9. The summed E-state index contributed by atoms with van der Waals surface area (Å²) in [5, 5.41) is 21.6. The lowest BCUT2D eigenvalue weighted by Gasteiger charge is -2.05. The first-order valence-electron chi connectivity index (χ1n) is 10.1. The van der Waals surface area contributed by atoms with Crippen LogP contribution >= 0.6 is 11.8 Å². The molecule has 33 heavy (non-hydrogen) atoms. The van der Waals surface area contributed by atoms with Gasteiger partial charge in [0.25, 0.3) is 11.7 Å². The van der Waals surface area contributed by atoms with Gasteiger partial charge in [0.05, 0.1) is 29.7 Å². The molecule has 1 aromatic heterocycles. The Morgan fingerprint density at radius 2 is 1.94 bits per heavy atom. The predicted octanol–water partition coefficient (Wildman–Crippen LogP) is 3.31. The second-order valence-electron chi connectivity index (χ2n) is 6.93. The molecule has 3 aromatic carbocycles. The van der Waals surface area contributed by atoms with Gasteiger partial charge < -0.3 is 9.84 Å². The van der Waals surface area contributed by atoms with Gasteiger partial charge in [0.15, 0.2) is 0 Å². The fourth-order valence-electron chi connectivity index (χ4n) is 3.10. The number of nitrogens with one attached hydrogen (secondary N) is 2. The van der Waals surface area contributed by atoms with Crippen molar-refractivity contribution in [3.63, 3.8) is 0 Å². The summed E-state index contributed by atoms with van der Waals surface area (Å²) >= 11 is 1.29. The second-order valence-corrected chi connectivity index (χ2v) is 7.87. The molecule has 0 aliphatic rings. The summed E-state index contributed by atoms with van der Waals surface area (Å²) in [7, 11) is 1.63. The van der Waals surface area contributed by atoms with Crippen molar-refractivity contribution in [3.8, 4) is 28.6 Å². The third-order valence-corrected chi connectivity index (χ3v) is 5.59. The molecule has 0 saturated carbocycles. The van der Waals surface area contributed by atoms with E-state index in [0.717, 1.165) is 22.8 Å². The molecule has 0 spiro atoms. The molecule has 1 heterocycles. The van der Waals surface area contributed by atoms with E-state index in [-0.39, 0.29) is 17.4 Å². The van der Waals surface area contributed by atoms with E-state index in [0.29, 0.717) is 10.7 Å². The van der Waals surface area contributed by atoms with Gasteiger partial charge in [0, 0.05) is 0 Å². The Bertz CT molecular complexity index is 1260. The molecular weight excluding hydrogens is 438 g/mol. The van der Waals surface area contributed by atoms with E-state index in [1.54, 1.807) is 31.4 Å². The standard InChI is InChI=1S/C24H21N5O3S/c1-32-21-12-10-18(11-13-21)23-27-28-24(29(23)19-7-3-2-4-8-19)33-16-22(31)26-25-15-17-6-5-9-20(30)14-17/h2-15H,16H2,1H3,(H2,26,30,31)/p+1. The smallest absolute Gasteiger partial charge is 0.342 e. The SMILES string of the molecule is COc1ccc(-c2[nH]nc(SCC(=O)NN=Cc3cccc(O)c3)[n+]2-c2ccccc2)cc1. The highest BCUT2D eigenvalue weighted by Gasteiger charge is 2.24. The number of hydrazone groups is 1. The van der Waals surface area contributed by atoms with E-state index in [4.69, 9.17) is 4.74 Å². The van der Waals surface area contributed by atoms with Crippen LogP contribution in [0.5, 0.6) is 11.5 Å². The van der Waals surface area contributed by atoms with Crippen LogP contribution in [0.2, 0.25) is 0 Å². The van der Waals surface area contributed by atoms with Crippen LogP contribution in [-0.2, 0) is 4.79 Å². The number of methoxy groups -OCH3 is 1. The number of amides is 1. The monoisotopic (exact) mass is 460 g/mol. The lowest BCUT2D eigenvalue weighted by molar-refractivity contribution is -0.625. The van der Waals surface area contributed by atoms with E-state index in [2.05, 4.69) is 20.7 Å². The molecule has 3 N–H and O–H groups in total. The molecular formula is C24H22N5O3S+. The van der Waals surface area contributed by atoms with E-state index in [1.165, 1.54) is 18.0 Å². The van der Waals surface area contributed by atoms with E-state index >= 15 is 0 Å². The Morgan fingerprint density at radius 3 is 2.67 bits per heavy atom. The number of benzene rings is 3. The zero-order valence-corrected chi connectivity index (χ0v) is 18.6. The van der Waals surface area contributed by atoms with Crippen molar-refractivity contribution in [2.45, 2.75) is 5.16 Å². The zero-order chi connectivity index (χ0) is 23.0. The third-order valence-electron chi connectivity index (χ3n) is 4.66. The van der Waals surface area contributed by atoms with Crippen LogP contribution in [0, 0.1) is 0 Å². The number of aromatic amines is 1. The molecule has 0 radical (unpaired) electrons. The van der Waals surface area contributed by atoms with Crippen molar-refractivity contribution in [2.75, 3.05) is 12.9 Å². The number of hydrogen-bond acceptors (Lipinski definition) is 6. The van der Waals surface area contributed by atoms with Crippen molar-refractivity contribution in [2.24, 2.45) is 5.10 Å². The number of aromatic nitrogens is 3. The highest BCUT2D eigenvalue weighted by Crippen LogP contribution is 2.22. The maximum Gasteiger partial charge on any atom is 0.342 e. The Morgan fingerprint density at radius 1 is 1.15 bits per heavy atom. The maximum absolute atomic E-state index is 12.3. The number of nitrogens with zero attached hydrogens (tertiary/aromatic N) is 3. The van der Waals surface area contributed by atoms with Gasteiger partial charge in [-0.1, -0.05) is 30.3 Å². The average molecular weight is 461 g/mol. The first kappa shape index (κ1) is 22.1. The van der Waals surface area contributed by atoms with Crippen molar-refractivity contribution in [3.05, 3.63) is 84.4 Å². The summed E-state index contributed by atoms with van der Waals surface area (Å²) in [6.07, 6.45) is 1.47. The Balaban J connectivity index is 1.50. The average Bonchev–Trinajstić information content (AvgIpc) is 3.27. The van der Waals surface area contributed by atoms with Crippen LogP contribution < -0.4 is 14.7 Å². The minimum Gasteiger partial charge on any atom is -0.508 e. The summed E-state index contributed by atoms with van der Waals surface area (Å²) in [4.78, 5) is 12.3. The first-order valence-corrected chi connectivity index (χ1v) is 11.1. The summed E-state index contributed by atoms with van der Waals surface area (Å²) < 4.78 is 7.22. The van der Waals surface area contributed by atoms with Crippen molar-refractivity contribution >= 4 is 23.9 Å². The molecule has 9 heteroatoms. The van der Waals surface area contributed by atoms with Gasteiger partial charge in [-0.15, -0.1) is 5.10 Å². The van der Waals surface area contributed by atoms with Gasteiger partial charge in [0.2, 0.25) is 0 Å². The van der Waals surface area contributed by atoms with Gasteiger partial charge in [-0.2, -0.15) is 9.67 Å². The van der Waals surface area contributed by atoms with Crippen LogP contribution in [0.25, 0.3) is 17.1 Å². The maximum atomic E-state index is 12.3. The van der Waals surface area contributed by atoms with Crippen molar-refractivity contribution < 1.29 is 19.2 Å². The molecule has 0 fully saturated rings. The Kier molecular flexibility index (Phi) is 7.01. The lowest BCUT2D eigenvalue weighted by Crippen LogP contribution is -2.34. The van der Waals surface area contributed by atoms with E-state index in [1.807, 2.05) is 59.2 Å². The predicted molar refractivity (Wildman–Crippen MR) is 127 cm³/mol. The van der Waals surface area contributed by atoms with Crippen LogP contribution in [0.1, 0.15) is 5.56 Å². The molecule has 0 aliphatic carbocycles. The van der Waals surface area contributed by atoms with Crippen LogP contribution in [0.15, 0.2) is 89.1 Å². The highest BCUT2D eigenvalue weighted by atomic mass is 32.2. The van der Waals surface area contributed by atoms with Gasteiger partial charge in [0.1, 0.15) is 17.2 Å². The Hall–Kier alpha value is -4.11. The largest absolute Gasteiger partial charge is 0.508 e. The number of H-pyrrole nitrogens is 1. The fourth-order valence-corrected chi connectivity index (χ4v) is 3.86. The summed E-state index contributed by atoms with van der Waals surface area (Å²) in [5.41, 5.74) is 5.03. The zero-order valence-electron chi connectivity index (χ0n) is 17.8. The number of para-hydroxylation sites is 1. The molecule has 1 amide bonds. The highest BCUT2D eigenvalue weighted by molar-refractivity contribution is 7.99. The summed E-state index contributed by atoms with van der Waals surface area (Å²) in [6.45, 7) is 0. The number of carbonyl (C=O) groups is 1. The molecule has 0 saturated heterocycles. The van der Waals surface area contributed by atoms with Crippen molar-refractivity contribution in [1.29, 1.82) is 0 Å².